The zero-order chi connectivity index (χ0) is 18.6. The molecule has 0 radical (unpaired) electrons. The number of hydrogen-bond acceptors (Lipinski definition) is 3. The fourth-order valence-electron chi connectivity index (χ4n) is 3.07. The smallest absolute Gasteiger partial charge is 0.391 e. The predicted molar refractivity (Wildman–Crippen MR) is 83.0 cm³/mol. The van der Waals surface area contributed by atoms with Crippen molar-refractivity contribution in [1.82, 2.24) is 5.32 Å². The van der Waals surface area contributed by atoms with Gasteiger partial charge in [-0.05, 0) is 37.0 Å². The van der Waals surface area contributed by atoms with Crippen molar-refractivity contribution in [2.75, 3.05) is 7.11 Å². The first kappa shape index (κ1) is 19.1. The van der Waals surface area contributed by atoms with E-state index in [9.17, 15) is 27.9 Å². The molecule has 1 saturated carbocycles. The molecule has 0 aromatic heterocycles. The Bertz CT molecular complexity index is 615. The summed E-state index contributed by atoms with van der Waals surface area (Å²) >= 11 is 0. The lowest BCUT2D eigenvalue weighted by molar-refractivity contribution is -0.186. The van der Waals surface area contributed by atoms with Crippen molar-refractivity contribution in [3.8, 4) is 5.75 Å². The Morgan fingerprint density at radius 2 is 1.88 bits per heavy atom. The van der Waals surface area contributed by atoms with E-state index in [0.29, 0.717) is 24.2 Å². The van der Waals surface area contributed by atoms with E-state index in [0.717, 1.165) is 0 Å². The number of nitrogens with one attached hydrogen (secondary N) is 1. The standard InChI is InChI=1S/C17H20F3NO4/c1-25-13-7-5-10(6-8-13)14(16(23)24)21-15(22)11-3-2-4-12(9-11)17(18,19)20/h5-8,11-12,14H,2-4,9H2,1H3,(H,21,22)(H,23,24). The third-order valence-corrected chi connectivity index (χ3v) is 4.49. The minimum Gasteiger partial charge on any atom is -0.497 e. The topological polar surface area (TPSA) is 75.6 Å². The molecule has 3 unspecified atom stereocenters. The monoisotopic (exact) mass is 359 g/mol. The molecule has 0 saturated heterocycles. The molecule has 2 rings (SSSR count). The molecule has 1 fully saturated rings. The molecule has 2 N–H and O–H groups in total. The Morgan fingerprint density at radius 1 is 1.24 bits per heavy atom. The maximum atomic E-state index is 12.9. The second kappa shape index (κ2) is 7.76. The van der Waals surface area contributed by atoms with Gasteiger partial charge in [0.15, 0.2) is 6.04 Å². The maximum absolute atomic E-state index is 12.9. The van der Waals surface area contributed by atoms with Crippen molar-refractivity contribution in [2.24, 2.45) is 11.8 Å². The fraction of sp³-hybridized carbons (Fsp3) is 0.529. The number of benzene rings is 1. The van der Waals surface area contributed by atoms with E-state index in [1.807, 2.05) is 0 Å². The Hall–Kier alpha value is -2.25. The molecular formula is C17H20F3NO4. The van der Waals surface area contributed by atoms with Crippen LogP contribution >= 0.6 is 0 Å². The van der Waals surface area contributed by atoms with Crippen LogP contribution in [0.15, 0.2) is 24.3 Å². The van der Waals surface area contributed by atoms with E-state index >= 15 is 0 Å². The molecular weight excluding hydrogens is 339 g/mol. The SMILES string of the molecule is COc1ccc(C(NC(=O)C2CCCC(C(F)(F)F)C2)C(=O)O)cc1. The van der Waals surface area contributed by atoms with Crippen LogP contribution in [0.2, 0.25) is 0 Å². The van der Waals surface area contributed by atoms with E-state index in [4.69, 9.17) is 4.74 Å². The highest BCUT2D eigenvalue weighted by atomic mass is 19.4. The Balaban J connectivity index is 2.08. The lowest BCUT2D eigenvalue weighted by Gasteiger charge is -2.30. The molecule has 1 aliphatic rings. The second-order valence-electron chi connectivity index (χ2n) is 6.16. The molecule has 0 heterocycles. The average Bonchev–Trinajstić information content (AvgIpc) is 2.58. The number of alkyl halides is 3. The molecule has 1 amide bonds. The maximum Gasteiger partial charge on any atom is 0.391 e. The highest BCUT2D eigenvalue weighted by Crippen LogP contribution is 2.40. The van der Waals surface area contributed by atoms with Crippen LogP contribution in [0.4, 0.5) is 13.2 Å². The number of methoxy groups -OCH3 is 1. The van der Waals surface area contributed by atoms with Crippen LogP contribution in [-0.2, 0) is 9.59 Å². The van der Waals surface area contributed by atoms with Gasteiger partial charge in [-0.3, -0.25) is 4.79 Å². The van der Waals surface area contributed by atoms with Crippen LogP contribution in [0.3, 0.4) is 0 Å². The highest BCUT2D eigenvalue weighted by Gasteiger charge is 2.44. The number of amides is 1. The van der Waals surface area contributed by atoms with Crippen LogP contribution in [0.1, 0.15) is 37.3 Å². The van der Waals surface area contributed by atoms with Gasteiger partial charge in [-0.15, -0.1) is 0 Å². The third-order valence-electron chi connectivity index (χ3n) is 4.49. The van der Waals surface area contributed by atoms with Crippen molar-refractivity contribution in [3.05, 3.63) is 29.8 Å². The zero-order valence-corrected chi connectivity index (χ0v) is 13.7. The molecule has 1 aromatic rings. The number of carboxylic acids is 1. The molecule has 1 aliphatic carbocycles. The van der Waals surface area contributed by atoms with E-state index in [-0.39, 0.29) is 12.8 Å². The number of carbonyl (C=O) groups is 2. The number of rotatable bonds is 5. The van der Waals surface area contributed by atoms with Gasteiger partial charge in [0, 0.05) is 5.92 Å². The van der Waals surface area contributed by atoms with Gasteiger partial charge in [0.1, 0.15) is 5.75 Å². The average molecular weight is 359 g/mol. The van der Waals surface area contributed by atoms with Crippen molar-refractivity contribution in [1.29, 1.82) is 0 Å². The van der Waals surface area contributed by atoms with Gasteiger partial charge >= 0.3 is 12.1 Å². The summed E-state index contributed by atoms with van der Waals surface area (Å²) in [6.07, 6.45) is -4.00. The lowest BCUT2D eigenvalue weighted by atomic mass is 9.80. The van der Waals surface area contributed by atoms with Crippen molar-refractivity contribution >= 4 is 11.9 Å². The van der Waals surface area contributed by atoms with Gasteiger partial charge in [0.25, 0.3) is 0 Å². The van der Waals surface area contributed by atoms with Gasteiger partial charge in [-0.1, -0.05) is 18.6 Å². The van der Waals surface area contributed by atoms with Gasteiger partial charge in [0.05, 0.1) is 13.0 Å². The molecule has 8 heteroatoms. The van der Waals surface area contributed by atoms with E-state index < -0.39 is 35.9 Å². The number of ether oxygens (including phenoxy) is 1. The highest BCUT2D eigenvalue weighted by molar-refractivity contribution is 5.86. The number of carboxylic acid groups (broad SMARTS) is 1. The Labute approximate surface area is 143 Å². The van der Waals surface area contributed by atoms with Gasteiger partial charge in [-0.25, -0.2) is 4.79 Å². The molecule has 0 bridgehead atoms. The first-order valence-electron chi connectivity index (χ1n) is 7.96. The molecule has 138 valence electrons. The van der Waals surface area contributed by atoms with Crippen LogP contribution in [0, 0.1) is 11.8 Å². The minimum absolute atomic E-state index is 0.00805. The summed E-state index contributed by atoms with van der Waals surface area (Å²) in [7, 11) is 1.46. The summed E-state index contributed by atoms with van der Waals surface area (Å²) in [6.45, 7) is 0. The third kappa shape index (κ3) is 4.87. The van der Waals surface area contributed by atoms with Crippen LogP contribution in [0.25, 0.3) is 0 Å². The lowest BCUT2D eigenvalue weighted by Crippen LogP contribution is -2.41. The van der Waals surface area contributed by atoms with Gasteiger partial charge in [-0.2, -0.15) is 13.2 Å². The summed E-state index contributed by atoms with van der Waals surface area (Å²) in [6, 6.07) is 4.79. The molecule has 0 spiro atoms. The second-order valence-corrected chi connectivity index (χ2v) is 6.16. The van der Waals surface area contributed by atoms with Gasteiger partial charge < -0.3 is 15.2 Å². The first-order chi connectivity index (χ1) is 11.7. The number of hydrogen-bond donors (Lipinski definition) is 2. The van der Waals surface area contributed by atoms with Crippen molar-refractivity contribution in [3.63, 3.8) is 0 Å². The van der Waals surface area contributed by atoms with E-state index in [1.54, 1.807) is 12.1 Å². The fourth-order valence-corrected chi connectivity index (χ4v) is 3.07. The van der Waals surface area contributed by atoms with Crippen molar-refractivity contribution < 1.29 is 32.6 Å². The number of aliphatic carboxylic acids is 1. The summed E-state index contributed by atoms with van der Waals surface area (Å²) in [5.41, 5.74) is 0.324. The van der Waals surface area contributed by atoms with Gasteiger partial charge in [0.2, 0.25) is 5.91 Å². The zero-order valence-electron chi connectivity index (χ0n) is 13.7. The van der Waals surface area contributed by atoms with Crippen molar-refractivity contribution in [2.45, 2.75) is 37.9 Å². The van der Waals surface area contributed by atoms with Crippen LogP contribution < -0.4 is 10.1 Å². The minimum atomic E-state index is -4.33. The van der Waals surface area contributed by atoms with E-state index in [2.05, 4.69) is 5.32 Å². The normalized spacial score (nSPS) is 22.1. The first-order valence-corrected chi connectivity index (χ1v) is 7.96. The predicted octanol–water partition coefficient (Wildman–Crippen LogP) is 3.31. The van der Waals surface area contributed by atoms with Crippen LogP contribution in [-0.4, -0.2) is 30.3 Å². The van der Waals surface area contributed by atoms with Crippen LogP contribution in [0.5, 0.6) is 5.75 Å². The largest absolute Gasteiger partial charge is 0.497 e. The Kier molecular flexibility index (Phi) is 5.92. The molecule has 5 nitrogen and oxygen atoms in total. The number of halogens is 3. The summed E-state index contributed by atoms with van der Waals surface area (Å²) in [5, 5.41) is 11.7. The summed E-state index contributed by atoms with van der Waals surface area (Å²) in [4.78, 5) is 23.8. The summed E-state index contributed by atoms with van der Waals surface area (Å²) in [5.74, 6) is -3.75. The molecule has 0 aliphatic heterocycles. The summed E-state index contributed by atoms with van der Waals surface area (Å²) < 4.78 is 43.6. The number of carbonyl (C=O) groups excluding carboxylic acids is 1. The Morgan fingerprint density at radius 3 is 2.40 bits per heavy atom. The molecule has 3 atom stereocenters. The quantitative estimate of drug-likeness (QED) is 0.846. The molecule has 25 heavy (non-hydrogen) atoms. The molecule has 1 aromatic carbocycles. The van der Waals surface area contributed by atoms with E-state index in [1.165, 1.54) is 19.2 Å².